The topological polar surface area (TPSA) is 48.1 Å². The van der Waals surface area contributed by atoms with Crippen molar-refractivity contribution in [3.05, 3.63) is 0 Å². The van der Waals surface area contributed by atoms with E-state index >= 15 is 0 Å². The molecule has 4 nitrogen and oxygen atoms in total. The molecular weight excluding hydrogens is 264 g/mol. The van der Waals surface area contributed by atoms with Gasteiger partial charge in [-0.05, 0) is 20.5 Å². The summed E-state index contributed by atoms with van der Waals surface area (Å²) in [6.07, 6.45) is 0. The maximum Gasteiger partial charge on any atom is 0.0281 e. The number of likely N-dealkylation sites (N-methyl/N-ethyl adjacent to an activating group) is 2. The highest BCUT2D eigenvalue weighted by molar-refractivity contribution is 7.80. The van der Waals surface area contributed by atoms with Gasteiger partial charge in [-0.3, -0.25) is 0 Å². The Labute approximate surface area is 123 Å². The van der Waals surface area contributed by atoms with Gasteiger partial charge in [0.2, 0.25) is 0 Å². The molecule has 0 saturated carbocycles. The predicted molar refractivity (Wildman–Crippen MR) is 88.4 cm³/mol. The molecule has 0 aliphatic carbocycles. The van der Waals surface area contributed by atoms with Gasteiger partial charge in [0.1, 0.15) is 0 Å². The lowest BCUT2D eigenvalue weighted by Crippen LogP contribution is -2.48. The van der Waals surface area contributed by atoms with E-state index in [1.807, 2.05) is 7.05 Å². The second-order valence-corrected chi connectivity index (χ2v) is 5.32. The van der Waals surface area contributed by atoms with Crippen LogP contribution in [0.15, 0.2) is 0 Å². The van der Waals surface area contributed by atoms with Gasteiger partial charge in [-0.1, -0.05) is 6.92 Å². The van der Waals surface area contributed by atoms with E-state index < -0.39 is 0 Å². The van der Waals surface area contributed by atoms with Crippen LogP contribution in [0.1, 0.15) is 13.8 Å². The third-order valence-electron chi connectivity index (χ3n) is 2.81. The molecule has 0 rings (SSSR count). The number of nitrogens with one attached hydrogen (secondary N) is 4. The molecule has 6 heteroatoms. The van der Waals surface area contributed by atoms with Gasteiger partial charge in [0.05, 0.1) is 0 Å². The van der Waals surface area contributed by atoms with E-state index in [9.17, 15) is 0 Å². The number of rotatable bonds is 12. The van der Waals surface area contributed by atoms with Crippen LogP contribution in [0.4, 0.5) is 0 Å². The average Bonchev–Trinajstić information content (AvgIpc) is 2.39. The molecule has 18 heavy (non-hydrogen) atoms. The van der Waals surface area contributed by atoms with Crippen molar-refractivity contribution in [2.45, 2.75) is 32.0 Å². The van der Waals surface area contributed by atoms with Crippen LogP contribution in [0.25, 0.3) is 0 Å². The molecule has 4 N–H and O–H groups in total. The fourth-order valence-electron chi connectivity index (χ4n) is 1.70. The molecule has 3 atom stereocenters. The van der Waals surface area contributed by atoms with Crippen molar-refractivity contribution in [2.75, 3.05) is 44.7 Å². The van der Waals surface area contributed by atoms with Gasteiger partial charge in [0.15, 0.2) is 0 Å². The molecule has 0 fully saturated rings. The minimum atomic E-state index is 0.428. The summed E-state index contributed by atoms with van der Waals surface area (Å²) in [6, 6.07) is 1.32. The molecule has 0 bridgehead atoms. The molecule has 110 valence electrons. The number of hydrogen-bond donors (Lipinski definition) is 6. The summed E-state index contributed by atoms with van der Waals surface area (Å²) in [7, 11) is 1.97. The van der Waals surface area contributed by atoms with Gasteiger partial charge in [-0.25, -0.2) is 0 Å². The quantitative estimate of drug-likeness (QED) is 0.287. The molecule has 3 unspecified atom stereocenters. The molecule has 0 aliphatic heterocycles. The minimum Gasteiger partial charge on any atom is -0.318 e. The second kappa shape index (κ2) is 12.6. The van der Waals surface area contributed by atoms with Crippen molar-refractivity contribution >= 4 is 25.3 Å². The largest absolute Gasteiger partial charge is 0.318 e. The molecule has 0 aromatic heterocycles. The van der Waals surface area contributed by atoms with Crippen molar-refractivity contribution in [1.29, 1.82) is 0 Å². The monoisotopic (exact) mass is 294 g/mol. The van der Waals surface area contributed by atoms with E-state index in [0.29, 0.717) is 18.1 Å². The summed E-state index contributed by atoms with van der Waals surface area (Å²) in [4.78, 5) is 0. The van der Waals surface area contributed by atoms with E-state index in [4.69, 9.17) is 0 Å². The number of hydrogen-bond acceptors (Lipinski definition) is 6. The van der Waals surface area contributed by atoms with E-state index in [1.165, 1.54) is 0 Å². The Bertz CT molecular complexity index is 165. The fourth-order valence-corrected chi connectivity index (χ4v) is 2.21. The van der Waals surface area contributed by atoms with Crippen LogP contribution < -0.4 is 21.3 Å². The standard InChI is InChI=1S/C12H30N4S2/c1-4-14-12(9-18)7-15-10(2)5-16-11(8-17)6-13-3/h10-18H,4-9H2,1-3H3. The van der Waals surface area contributed by atoms with Crippen LogP contribution >= 0.6 is 25.3 Å². The summed E-state index contributed by atoms with van der Waals surface area (Å²) in [5.74, 6) is 1.71. The lowest BCUT2D eigenvalue weighted by Gasteiger charge is -2.23. The second-order valence-electron chi connectivity index (χ2n) is 4.59. The van der Waals surface area contributed by atoms with Crippen LogP contribution in [0.5, 0.6) is 0 Å². The third kappa shape index (κ3) is 9.47. The Hall–Kier alpha value is 0.540. The van der Waals surface area contributed by atoms with Gasteiger partial charge in [-0.15, -0.1) is 0 Å². The van der Waals surface area contributed by atoms with Crippen LogP contribution in [-0.4, -0.2) is 62.9 Å². The number of thiol groups is 2. The first-order valence-electron chi connectivity index (χ1n) is 6.74. The highest BCUT2D eigenvalue weighted by Crippen LogP contribution is 1.90. The zero-order valence-electron chi connectivity index (χ0n) is 11.9. The Morgan fingerprint density at radius 2 is 1.50 bits per heavy atom. The van der Waals surface area contributed by atoms with E-state index in [-0.39, 0.29) is 0 Å². The summed E-state index contributed by atoms with van der Waals surface area (Å²) >= 11 is 8.68. The zero-order chi connectivity index (χ0) is 13.8. The molecule has 0 aliphatic rings. The van der Waals surface area contributed by atoms with Crippen molar-refractivity contribution in [3.63, 3.8) is 0 Å². The highest BCUT2D eigenvalue weighted by atomic mass is 32.1. The first-order chi connectivity index (χ1) is 8.67. The Balaban J connectivity index is 3.71. The Morgan fingerprint density at radius 3 is 2.00 bits per heavy atom. The van der Waals surface area contributed by atoms with Gasteiger partial charge in [-0.2, -0.15) is 25.3 Å². The Morgan fingerprint density at radius 1 is 0.889 bits per heavy atom. The van der Waals surface area contributed by atoms with Crippen LogP contribution in [0.3, 0.4) is 0 Å². The summed E-state index contributed by atoms with van der Waals surface area (Å²) in [5, 5.41) is 13.6. The molecule has 0 radical (unpaired) electrons. The van der Waals surface area contributed by atoms with Crippen LogP contribution in [0.2, 0.25) is 0 Å². The van der Waals surface area contributed by atoms with Crippen LogP contribution in [0, 0.1) is 0 Å². The molecule has 0 saturated heterocycles. The molecule has 0 aromatic rings. The van der Waals surface area contributed by atoms with Crippen molar-refractivity contribution in [3.8, 4) is 0 Å². The van der Waals surface area contributed by atoms with Crippen LogP contribution in [-0.2, 0) is 0 Å². The van der Waals surface area contributed by atoms with Crippen molar-refractivity contribution in [2.24, 2.45) is 0 Å². The summed E-state index contributed by atoms with van der Waals surface area (Å²) < 4.78 is 0. The van der Waals surface area contributed by atoms with Gasteiger partial charge >= 0.3 is 0 Å². The lowest BCUT2D eigenvalue weighted by atomic mass is 10.2. The van der Waals surface area contributed by atoms with E-state index in [0.717, 1.165) is 37.7 Å². The average molecular weight is 295 g/mol. The Kier molecular flexibility index (Phi) is 12.9. The molecule has 0 amide bonds. The smallest absolute Gasteiger partial charge is 0.0281 e. The molecule has 0 heterocycles. The van der Waals surface area contributed by atoms with E-state index in [1.54, 1.807) is 0 Å². The fraction of sp³-hybridized carbons (Fsp3) is 1.00. The SMILES string of the molecule is CCNC(CS)CNC(C)CNC(CS)CNC. The maximum absolute atomic E-state index is 4.34. The summed E-state index contributed by atoms with van der Waals surface area (Å²) in [5.41, 5.74) is 0. The van der Waals surface area contributed by atoms with Gasteiger partial charge in [0.25, 0.3) is 0 Å². The minimum absolute atomic E-state index is 0.428. The first-order valence-corrected chi connectivity index (χ1v) is 8.00. The normalized spacial score (nSPS) is 16.5. The highest BCUT2D eigenvalue weighted by Gasteiger charge is 2.09. The maximum atomic E-state index is 4.34. The lowest BCUT2D eigenvalue weighted by molar-refractivity contribution is 0.430. The van der Waals surface area contributed by atoms with Gasteiger partial charge < -0.3 is 21.3 Å². The predicted octanol–water partition coefficient (Wildman–Crippen LogP) is -0.0202. The molecule has 0 aromatic carbocycles. The molecular formula is C12H30N4S2. The van der Waals surface area contributed by atoms with Gasteiger partial charge in [0, 0.05) is 49.3 Å². The van der Waals surface area contributed by atoms with Crippen molar-refractivity contribution in [1.82, 2.24) is 21.3 Å². The van der Waals surface area contributed by atoms with Crippen molar-refractivity contribution < 1.29 is 0 Å². The third-order valence-corrected chi connectivity index (χ3v) is 3.69. The molecule has 0 spiro atoms. The zero-order valence-corrected chi connectivity index (χ0v) is 13.7. The summed E-state index contributed by atoms with van der Waals surface area (Å²) in [6.45, 7) is 8.17. The first kappa shape index (κ1) is 18.5. The van der Waals surface area contributed by atoms with E-state index in [2.05, 4.69) is 60.4 Å².